The summed E-state index contributed by atoms with van der Waals surface area (Å²) in [5.41, 5.74) is 0.129. The number of aromatic nitrogens is 1. The Balaban J connectivity index is 1.77. The van der Waals surface area contributed by atoms with Gasteiger partial charge in [-0.05, 0) is 30.2 Å². The molecule has 0 bridgehead atoms. The minimum atomic E-state index is -4.41. The smallest absolute Gasteiger partial charge is 0.354 e. The standard InChI is InChI=1S/C19H20F3N3O2/c1-13(10-14-4-2-6-16(11-14)19(20,21)22)17(26)24-8-9-25-18(27)15-5-3-7-23-12-15/h2-7,11-13H,8-10H2,1H3,(H,24,26)(H,25,27). The minimum absolute atomic E-state index is 0.192. The summed E-state index contributed by atoms with van der Waals surface area (Å²) < 4.78 is 38.2. The molecule has 0 aliphatic carbocycles. The zero-order valence-corrected chi connectivity index (χ0v) is 14.7. The monoisotopic (exact) mass is 379 g/mol. The average Bonchev–Trinajstić information content (AvgIpc) is 2.65. The summed E-state index contributed by atoms with van der Waals surface area (Å²) in [7, 11) is 0. The number of rotatable bonds is 7. The van der Waals surface area contributed by atoms with E-state index < -0.39 is 17.7 Å². The Hall–Kier alpha value is -2.90. The van der Waals surface area contributed by atoms with Crippen LogP contribution in [0.2, 0.25) is 0 Å². The number of amides is 2. The van der Waals surface area contributed by atoms with Crippen molar-refractivity contribution in [3.8, 4) is 0 Å². The van der Waals surface area contributed by atoms with Gasteiger partial charge in [0.2, 0.25) is 5.91 Å². The maximum Gasteiger partial charge on any atom is 0.416 e. The SMILES string of the molecule is CC(Cc1cccc(C(F)(F)F)c1)C(=O)NCCNC(=O)c1cccnc1. The van der Waals surface area contributed by atoms with Crippen LogP contribution in [0, 0.1) is 5.92 Å². The Kier molecular flexibility index (Phi) is 6.92. The Bertz CT molecular complexity index is 779. The first kappa shape index (κ1) is 20.4. The van der Waals surface area contributed by atoms with Gasteiger partial charge in [-0.15, -0.1) is 0 Å². The molecule has 27 heavy (non-hydrogen) atoms. The lowest BCUT2D eigenvalue weighted by Crippen LogP contribution is -2.37. The van der Waals surface area contributed by atoms with Crippen LogP contribution in [-0.2, 0) is 17.4 Å². The molecular formula is C19H20F3N3O2. The first-order valence-corrected chi connectivity index (χ1v) is 8.39. The number of benzene rings is 1. The number of halogens is 3. The average molecular weight is 379 g/mol. The van der Waals surface area contributed by atoms with Crippen molar-refractivity contribution in [2.75, 3.05) is 13.1 Å². The quantitative estimate of drug-likeness (QED) is 0.727. The van der Waals surface area contributed by atoms with E-state index in [0.717, 1.165) is 12.1 Å². The zero-order valence-electron chi connectivity index (χ0n) is 14.7. The van der Waals surface area contributed by atoms with Crippen LogP contribution in [-0.4, -0.2) is 29.9 Å². The van der Waals surface area contributed by atoms with Gasteiger partial charge in [0.25, 0.3) is 5.91 Å². The van der Waals surface area contributed by atoms with E-state index >= 15 is 0 Å². The van der Waals surface area contributed by atoms with Crippen LogP contribution in [0.4, 0.5) is 13.2 Å². The van der Waals surface area contributed by atoms with Gasteiger partial charge in [-0.1, -0.05) is 25.1 Å². The number of nitrogens with zero attached hydrogens (tertiary/aromatic N) is 1. The summed E-state index contributed by atoms with van der Waals surface area (Å²) in [4.78, 5) is 27.8. The number of carbonyl (C=O) groups is 2. The highest BCUT2D eigenvalue weighted by molar-refractivity contribution is 5.93. The molecule has 2 N–H and O–H groups in total. The molecule has 0 saturated heterocycles. The van der Waals surface area contributed by atoms with Gasteiger partial charge in [-0.25, -0.2) is 0 Å². The molecule has 1 atom stereocenters. The first-order chi connectivity index (χ1) is 12.8. The summed E-state index contributed by atoms with van der Waals surface area (Å²) in [6.07, 6.45) is -1.22. The molecule has 1 aromatic heterocycles. The number of alkyl halides is 3. The second-order valence-electron chi connectivity index (χ2n) is 6.09. The summed E-state index contributed by atoms with van der Waals surface area (Å²) in [5.74, 6) is -1.08. The lowest BCUT2D eigenvalue weighted by molar-refractivity contribution is -0.137. The molecule has 0 saturated carbocycles. The largest absolute Gasteiger partial charge is 0.416 e. The van der Waals surface area contributed by atoms with Crippen molar-refractivity contribution < 1.29 is 22.8 Å². The van der Waals surface area contributed by atoms with Gasteiger partial charge in [-0.3, -0.25) is 14.6 Å². The zero-order chi connectivity index (χ0) is 19.9. The highest BCUT2D eigenvalue weighted by atomic mass is 19.4. The van der Waals surface area contributed by atoms with Crippen molar-refractivity contribution in [3.05, 3.63) is 65.5 Å². The second kappa shape index (κ2) is 9.16. The fraction of sp³-hybridized carbons (Fsp3) is 0.316. The Morgan fingerprint density at radius 3 is 2.52 bits per heavy atom. The minimum Gasteiger partial charge on any atom is -0.354 e. The Morgan fingerprint density at radius 2 is 1.85 bits per heavy atom. The van der Waals surface area contributed by atoms with Gasteiger partial charge in [0.1, 0.15) is 0 Å². The van der Waals surface area contributed by atoms with Crippen molar-refractivity contribution in [2.24, 2.45) is 5.92 Å². The van der Waals surface area contributed by atoms with Crippen molar-refractivity contribution in [1.82, 2.24) is 15.6 Å². The Labute approximate surface area is 155 Å². The van der Waals surface area contributed by atoms with Crippen LogP contribution >= 0.6 is 0 Å². The summed E-state index contributed by atoms with van der Waals surface area (Å²) in [5, 5.41) is 5.31. The lowest BCUT2D eigenvalue weighted by Gasteiger charge is -2.14. The lowest BCUT2D eigenvalue weighted by atomic mass is 9.98. The highest BCUT2D eigenvalue weighted by Crippen LogP contribution is 2.29. The fourth-order valence-electron chi connectivity index (χ4n) is 2.46. The molecule has 0 aliphatic heterocycles. The summed E-state index contributed by atoms with van der Waals surface area (Å²) in [6.45, 7) is 2.09. The van der Waals surface area contributed by atoms with Crippen LogP contribution in [0.25, 0.3) is 0 Å². The molecule has 144 valence electrons. The molecule has 0 fully saturated rings. The van der Waals surface area contributed by atoms with Crippen molar-refractivity contribution in [2.45, 2.75) is 19.5 Å². The van der Waals surface area contributed by atoms with Gasteiger partial charge >= 0.3 is 6.18 Å². The summed E-state index contributed by atoms with van der Waals surface area (Å²) in [6, 6.07) is 8.21. The van der Waals surface area contributed by atoms with Gasteiger partial charge in [0.15, 0.2) is 0 Å². The third-order valence-electron chi connectivity index (χ3n) is 3.88. The van der Waals surface area contributed by atoms with Crippen LogP contribution in [0.5, 0.6) is 0 Å². The first-order valence-electron chi connectivity index (χ1n) is 8.39. The molecule has 5 nitrogen and oxygen atoms in total. The molecule has 8 heteroatoms. The van der Waals surface area contributed by atoms with E-state index in [1.807, 2.05) is 0 Å². The van der Waals surface area contributed by atoms with Gasteiger partial charge < -0.3 is 10.6 Å². The molecule has 1 unspecified atom stereocenters. The predicted octanol–water partition coefficient (Wildman–Crippen LogP) is 2.83. The number of hydrogen-bond acceptors (Lipinski definition) is 3. The van der Waals surface area contributed by atoms with Crippen LogP contribution in [0.15, 0.2) is 48.8 Å². The fourth-order valence-corrected chi connectivity index (χ4v) is 2.46. The maximum atomic E-state index is 12.7. The van der Waals surface area contributed by atoms with E-state index in [9.17, 15) is 22.8 Å². The van der Waals surface area contributed by atoms with Gasteiger partial charge in [0, 0.05) is 31.4 Å². The van der Waals surface area contributed by atoms with E-state index in [-0.39, 0.29) is 31.3 Å². The normalized spacial score (nSPS) is 12.3. The number of hydrogen-bond donors (Lipinski definition) is 2. The molecule has 1 heterocycles. The topological polar surface area (TPSA) is 71.1 Å². The number of carbonyl (C=O) groups excluding carboxylic acids is 2. The second-order valence-corrected chi connectivity index (χ2v) is 6.09. The molecule has 0 aliphatic rings. The van der Waals surface area contributed by atoms with Gasteiger partial charge in [-0.2, -0.15) is 13.2 Å². The highest BCUT2D eigenvalue weighted by Gasteiger charge is 2.30. The molecule has 2 rings (SSSR count). The molecule has 1 aromatic carbocycles. The molecule has 2 amide bonds. The van der Waals surface area contributed by atoms with Crippen LogP contribution in [0.1, 0.15) is 28.4 Å². The summed E-state index contributed by atoms with van der Waals surface area (Å²) >= 11 is 0. The Morgan fingerprint density at radius 1 is 1.11 bits per heavy atom. The molecular weight excluding hydrogens is 359 g/mol. The van der Waals surface area contributed by atoms with E-state index in [2.05, 4.69) is 15.6 Å². The van der Waals surface area contributed by atoms with Crippen LogP contribution in [0.3, 0.4) is 0 Å². The van der Waals surface area contributed by atoms with E-state index in [1.54, 1.807) is 31.3 Å². The molecule has 0 radical (unpaired) electrons. The molecule has 0 spiro atoms. The van der Waals surface area contributed by atoms with Gasteiger partial charge in [0.05, 0.1) is 11.1 Å². The van der Waals surface area contributed by atoms with Crippen molar-refractivity contribution in [3.63, 3.8) is 0 Å². The van der Waals surface area contributed by atoms with E-state index in [1.165, 1.54) is 12.3 Å². The van der Waals surface area contributed by atoms with E-state index in [0.29, 0.717) is 11.1 Å². The predicted molar refractivity (Wildman–Crippen MR) is 93.9 cm³/mol. The van der Waals surface area contributed by atoms with Crippen molar-refractivity contribution >= 4 is 11.8 Å². The number of pyridine rings is 1. The maximum absolute atomic E-state index is 12.7. The molecule has 2 aromatic rings. The van der Waals surface area contributed by atoms with Crippen LogP contribution < -0.4 is 10.6 Å². The number of nitrogens with one attached hydrogen (secondary N) is 2. The van der Waals surface area contributed by atoms with E-state index in [4.69, 9.17) is 0 Å². The third kappa shape index (κ3) is 6.40. The van der Waals surface area contributed by atoms with Crippen molar-refractivity contribution in [1.29, 1.82) is 0 Å². The third-order valence-corrected chi connectivity index (χ3v) is 3.88.